The molecule has 0 aliphatic heterocycles. The molecule has 0 bridgehead atoms. The second-order valence-electron chi connectivity index (χ2n) is 3.84. The third-order valence-electron chi connectivity index (χ3n) is 2.61. The van der Waals surface area contributed by atoms with Crippen LogP contribution >= 0.6 is 23.2 Å². The van der Waals surface area contributed by atoms with Crippen LogP contribution in [0.4, 0.5) is 11.4 Å². The van der Waals surface area contributed by atoms with Crippen LogP contribution in [-0.4, -0.2) is 18.0 Å². The molecule has 0 fully saturated rings. The minimum atomic E-state index is -0.555. The molecule has 0 aliphatic carbocycles. The number of nitro groups is 1. The van der Waals surface area contributed by atoms with Gasteiger partial charge in [-0.3, -0.25) is 10.1 Å². The molecule has 1 unspecified atom stereocenters. The quantitative estimate of drug-likeness (QED) is 0.626. The van der Waals surface area contributed by atoms with Gasteiger partial charge in [-0.1, -0.05) is 23.2 Å². The van der Waals surface area contributed by atoms with E-state index in [-0.39, 0.29) is 21.8 Å². The van der Waals surface area contributed by atoms with Gasteiger partial charge >= 0.3 is 0 Å². The number of hydrogen-bond acceptors (Lipinski definition) is 4. The predicted molar refractivity (Wildman–Crippen MR) is 71.2 cm³/mol. The Morgan fingerprint density at radius 3 is 2.39 bits per heavy atom. The van der Waals surface area contributed by atoms with Crippen molar-refractivity contribution in [1.82, 2.24) is 0 Å². The van der Waals surface area contributed by atoms with Crippen LogP contribution in [0, 0.1) is 21.4 Å². The highest BCUT2D eigenvalue weighted by atomic mass is 35.5. The summed E-state index contributed by atoms with van der Waals surface area (Å²) in [6.45, 7) is 1.84. The number of hydrogen-bond donors (Lipinski definition) is 0. The molecule has 1 atom stereocenters. The van der Waals surface area contributed by atoms with Crippen LogP contribution in [-0.2, 0) is 0 Å². The minimum Gasteiger partial charge on any atom is -0.368 e. The molecule has 1 aromatic carbocycles. The number of nitrogens with zero attached hydrogens (tertiary/aromatic N) is 3. The number of anilines is 1. The fourth-order valence-electron chi connectivity index (χ4n) is 1.48. The largest absolute Gasteiger partial charge is 0.368 e. The molecular weight excluding hydrogens is 277 g/mol. The van der Waals surface area contributed by atoms with E-state index in [4.69, 9.17) is 28.5 Å². The normalized spacial score (nSPS) is 11.7. The summed E-state index contributed by atoms with van der Waals surface area (Å²) < 4.78 is 0. The molecule has 0 radical (unpaired) electrons. The van der Waals surface area contributed by atoms with E-state index in [0.717, 1.165) is 0 Å². The van der Waals surface area contributed by atoms with Crippen LogP contribution in [0.25, 0.3) is 0 Å². The van der Waals surface area contributed by atoms with Gasteiger partial charge in [0.1, 0.15) is 0 Å². The highest BCUT2D eigenvalue weighted by Crippen LogP contribution is 2.37. The van der Waals surface area contributed by atoms with E-state index in [0.29, 0.717) is 12.1 Å². The summed E-state index contributed by atoms with van der Waals surface area (Å²) in [6, 6.07) is 4.46. The average Bonchev–Trinajstić information content (AvgIpc) is 2.27. The van der Waals surface area contributed by atoms with Crippen molar-refractivity contribution in [2.45, 2.75) is 19.4 Å². The molecule has 0 saturated heterocycles. The first-order valence-electron chi connectivity index (χ1n) is 5.11. The Morgan fingerprint density at radius 1 is 1.50 bits per heavy atom. The monoisotopic (exact) mass is 287 g/mol. The third-order valence-corrected chi connectivity index (χ3v) is 3.19. The fourth-order valence-corrected chi connectivity index (χ4v) is 2.23. The fraction of sp³-hybridized carbons (Fsp3) is 0.364. The van der Waals surface area contributed by atoms with E-state index in [1.165, 1.54) is 12.1 Å². The van der Waals surface area contributed by atoms with Gasteiger partial charge in [0.25, 0.3) is 5.69 Å². The lowest BCUT2D eigenvalue weighted by molar-refractivity contribution is -0.384. The summed E-state index contributed by atoms with van der Waals surface area (Å²) in [5, 5.41) is 19.7. The van der Waals surface area contributed by atoms with Gasteiger partial charge in [-0.15, -0.1) is 0 Å². The summed E-state index contributed by atoms with van der Waals surface area (Å²) in [4.78, 5) is 11.8. The number of rotatable bonds is 4. The zero-order valence-electron chi connectivity index (χ0n) is 9.85. The molecule has 7 heteroatoms. The lowest BCUT2D eigenvalue weighted by atomic mass is 10.2. The zero-order valence-corrected chi connectivity index (χ0v) is 11.4. The van der Waals surface area contributed by atoms with E-state index in [9.17, 15) is 10.1 Å². The smallest absolute Gasteiger partial charge is 0.272 e. The summed E-state index contributed by atoms with van der Waals surface area (Å²) in [6.07, 6.45) is 0.306. The van der Waals surface area contributed by atoms with Gasteiger partial charge in [-0.2, -0.15) is 5.26 Å². The maximum Gasteiger partial charge on any atom is 0.272 e. The van der Waals surface area contributed by atoms with Gasteiger partial charge in [0.05, 0.1) is 33.1 Å². The Balaban J connectivity index is 3.18. The summed E-state index contributed by atoms with van der Waals surface area (Å²) in [5.41, 5.74) is 0.335. The van der Waals surface area contributed by atoms with Crippen LogP contribution in [0.15, 0.2) is 12.1 Å². The molecule has 0 aromatic heterocycles. The van der Waals surface area contributed by atoms with Gasteiger partial charge in [0.2, 0.25) is 0 Å². The van der Waals surface area contributed by atoms with E-state index >= 15 is 0 Å². The van der Waals surface area contributed by atoms with Crippen LogP contribution in [0.3, 0.4) is 0 Å². The molecule has 5 nitrogen and oxygen atoms in total. The Bertz CT molecular complexity index is 490. The maximum atomic E-state index is 10.7. The average molecular weight is 288 g/mol. The highest BCUT2D eigenvalue weighted by molar-refractivity contribution is 6.39. The van der Waals surface area contributed by atoms with Crippen LogP contribution in [0.1, 0.15) is 13.3 Å². The standard InChI is InChI=1S/C11H11Cl2N3O2/c1-7(3-4-14)15(2)11-9(12)5-8(16(17)18)6-10(11)13/h5-7H,3H2,1-2H3. The predicted octanol–water partition coefficient (Wildman–Crippen LogP) is 3.64. The molecule has 0 aliphatic rings. The first-order chi connectivity index (χ1) is 8.38. The van der Waals surface area contributed by atoms with Crippen molar-refractivity contribution < 1.29 is 4.92 Å². The van der Waals surface area contributed by atoms with Crippen molar-refractivity contribution >= 4 is 34.6 Å². The summed E-state index contributed by atoms with van der Waals surface area (Å²) in [7, 11) is 1.74. The molecule has 0 heterocycles. The molecule has 0 amide bonds. The first kappa shape index (κ1) is 14.6. The van der Waals surface area contributed by atoms with Crippen molar-refractivity contribution in [1.29, 1.82) is 5.26 Å². The van der Waals surface area contributed by atoms with Crippen LogP contribution in [0.2, 0.25) is 10.0 Å². The molecular formula is C11H11Cl2N3O2. The molecule has 0 N–H and O–H groups in total. The van der Waals surface area contributed by atoms with E-state index < -0.39 is 4.92 Å². The van der Waals surface area contributed by atoms with Crippen molar-refractivity contribution in [2.75, 3.05) is 11.9 Å². The lowest BCUT2D eigenvalue weighted by Crippen LogP contribution is -2.28. The van der Waals surface area contributed by atoms with E-state index in [1.54, 1.807) is 11.9 Å². The molecule has 1 rings (SSSR count). The topological polar surface area (TPSA) is 70.2 Å². The van der Waals surface area contributed by atoms with E-state index in [1.807, 2.05) is 6.92 Å². The highest BCUT2D eigenvalue weighted by Gasteiger charge is 2.20. The van der Waals surface area contributed by atoms with Gasteiger partial charge in [-0.05, 0) is 6.92 Å². The van der Waals surface area contributed by atoms with E-state index in [2.05, 4.69) is 6.07 Å². The van der Waals surface area contributed by atoms with Crippen molar-refractivity contribution in [3.05, 3.63) is 32.3 Å². The Kier molecular flexibility index (Phi) is 4.76. The first-order valence-corrected chi connectivity index (χ1v) is 5.87. The molecule has 96 valence electrons. The Hall–Kier alpha value is -1.51. The van der Waals surface area contributed by atoms with Crippen molar-refractivity contribution in [3.63, 3.8) is 0 Å². The van der Waals surface area contributed by atoms with Gasteiger partial charge < -0.3 is 4.90 Å². The van der Waals surface area contributed by atoms with Crippen molar-refractivity contribution in [3.8, 4) is 6.07 Å². The second kappa shape index (κ2) is 5.89. The summed E-state index contributed by atoms with van der Waals surface area (Å²) >= 11 is 12.0. The molecule has 0 spiro atoms. The number of halogens is 2. The van der Waals surface area contributed by atoms with Gasteiger partial charge in [0, 0.05) is 25.2 Å². The van der Waals surface area contributed by atoms with Crippen molar-refractivity contribution in [2.24, 2.45) is 0 Å². The number of nitro benzene ring substituents is 1. The Labute approximate surface area is 115 Å². The maximum absolute atomic E-state index is 10.7. The van der Waals surface area contributed by atoms with Gasteiger partial charge in [0.15, 0.2) is 0 Å². The Morgan fingerprint density at radius 2 is 2.00 bits per heavy atom. The van der Waals surface area contributed by atoms with Crippen LogP contribution in [0.5, 0.6) is 0 Å². The van der Waals surface area contributed by atoms with Crippen LogP contribution < -0.4 is 4.90 Å². The third kappa shape index (κ3) is 3.03. The summed E-state index contributed by atoms with van der Waals surface area (Å²) in [5.74, 6) is 0. The number of benzene rings is 1. The SMILES string of the molecule is CC(CC#N)N(C)c1c(Cl)cc([N+](=O)[O-])cc1Cl. The van der Waals surface area contributed by atoms with Gasteiger partial charge in [-0.25, -0.2) is 0 Å². The number of non-ortho nitro benzene ring substituents is 1. The second-order valence-corrected chi connectivity index (χ2v) is 4.65. The lowest BCUT2D eigenvalue weighted by Gasteiger charge is -2.26. The number of nitriles is 1. The molecule has 18 heavy (non-hydrogen) atoms. The zero-order chi connectivity index (χ0) is 13.9. The minimum absolute atomic E-state index is 0.0912. The molecule has 0 saturated carbocycles. The molecule has 1 aromatic rings.